The van der Waals surface area contributed by atoms with Crippen LogP contribution in [0.5, 0.6) is 0 Å². The fourth-order valence-electron chi connectivity index (χ4n) is 3.92. The van der Waals surface area contributed by atoms with Crippen LogP contribution < -0.4 is 5.32 Å². The molecule has 2 atom stereocenters. The van der Waals surface area contributed by atoms with Crippen molar-refractivity contribution in [2.24, 2.45) is 5.41 Å². The Kier molecular flexibility index (Phi) is 6.11. The van der Waals surface area contributed by atoms with Crippen molar-refractivity contribution in [3.63, 3.8) is 0 Å². The summed E-state index contributed by atoms with van der Waals surface area (Å²) in [4.78, 5) is 2.53. The van der Waals surface area contributed by atoms with Crippen LogP contribution in [0.1, 0.15) is 51.9 Å². The van der Waals surface area contributed by atoms with Gasteiger partial charge in [-0.1, -0.05) is 13.3 Å². The van der Waals surface area contributed by atoms with Crippen LogP contribution in [-0.4, -0.2) is 50.8 Å². The fraction of sp³-hybridized carbons (Fsp3) is 1.00. The SMILES string of the molecule is CCCC1(CN(C)CC2CCCCO2)CCCNC1. The molecule has 0 aromatic carbocycles. The summed E-state index contributed by atoms with van der Waals surface area (Å²) < 4.78 is 5.87. The highest BCUT2D eigenvalue weighted by atomic mass is 16.5. The van der Waals surface area contributed by atoms with Crippen molar-refractivity contribution < 1.29 is 4.74 Å². The van der Waals surface area contributed by atoms with E-state index in [0.717, 1.165) is 13.2 Å². The van der Waals surface area contributed by atoms with Crippen LogP contribution in [0.3, 0.4) is 0 Å². The average molecular weight is 268 g/mol. The molecule has 0 radical (unpaired) electrons. The van der Waals surface area contributed by atoms with Gasteiger partial charge in [-0.2, -0.15) is 0 Å². The summed E-state index contributed by atoms with van der Waals surface area (Å²) in [6.45, 7) is 8.05. The highest BCUT2D eigenvalue weighted by molar-refractivity contribution is 4.88. The molecule has 0 aromatic heterocycles. The summed E-state index contributed by atoms with van der Waals surface area (Å²) >= 11 is 0. The normalized spacial score (nSPS) is 32.7. The molecule has 19 heavy (non-hydrogen) atoms. The van der Waals surface area contributed by atoms with Gasteiger partial charge in [-0.25, -0.2) is 0 Å². The van der Waals surface area contributed by atoms with Crippen molar-refractivity contribution in [2.75, 3.05) is 39.8 Å². The molecule has 2 unspecified atom stereocenters. The van der Waals surface area contributed by atoms with Crippen LogP contribution in [-0.2, 0) is 4.74 Å². The van der Waals surface area contributed by atoms with Crippen molar-refractivity contribution >= 4 is 0 Å². The van der Waals surface area contributed by atoms with Gasteiger partial charge >= 0.3 is 0 Å². The third kappa shape index (κ3) is 4.73. The third-order valence-electron chi connectivity index (χ3n) is 4.74. The fourth-order valence-corrected chi connectivity index (χ4v) is 3.92. The second kappa shape index (κ2) is 7.61. The number of hydrogen-bond donors (Lipinski definition) is 1. The van der Waals surface area contributed by atoms with E-state index in [-0.39, 0.29) is 0 Å². The lowest BCUT2D eigenvalue weighted by molar-refractivity contribution is -0.0103. The zero-order valence-corrected chi connectivity index (χ0v) is 12.9. The van der Waals surface area contributed by atoms with Gasteiger partial charge in [0.05, 0.1) is 6.10 Å². The summed E-state index contributed by atoms with van der Waals surface area (Å²) in [6.07, 6.45) is 9.73. The van der Waals surface area contributed by atoms with Gasteiger partial charge in [-0.15, -0.1) is 0 Å². The first kappa shape index (κ1) is 15.3. The minimum Gasteiger partial charge on any atom is -0.377 e. The Balaban J connectivity index is 1.81. The van der Waals surface area contributed by atoms with Gasteiger partial charge in [0.15, 0.2) is 0 Å². The predicted octanol–water partition coefficient (Wildman–Crippen LogP) is 2.66. The molecular formula is C16H32N2O. The van der Waals surface area contributed by atoms with Crippen LogP contribution in [0.4, 0.5) is 0 Å². The van der Waals surface area contributed by atoms with Gasteiger partial charge in [0.1, 0.15) is 0 Å². The van der Waals surface area contributed by atoms with Crippen LogP contribution in [0, 0.1) is 5.41 Å². The monoisotopic (exact) mass is 268 g/mol. The molecule has 3 nitrogen and oxygen atoms in total. The van der Waals surface area contributed by atoms with Crippen LogP contribution in [0.2, 0.25) is 0 Å². The van der Waals surface area contributed by atoms with Crippen molar-refractivity contribution in [2.45, 2.75) is 58.0 Å². The van der Waals surface area contributed by atoms with E-state index < -0.39 is 0 Å². The Morgan fingerprint density at radius 1 is 1.32 bits per heavy atom. The number of hydrogen-bond acceptors (Lipinski definition) is 3. The number of likely N-dealkylation sites (N-methyl/N-ethyl adjacent to an activating group) is 1. The van der Waals surface area contributed by atoms with E-state index in [4.69, 9.17) is 4.74 Å². The van der Waals surface area contributed by atoms with Gasteiger partial charge in [0.2, 0.25) is 0 Å². The van der Waals surface area contributed by atoms with Gasteiger partial charge in [-0.05, 0) is 57.5 Å². The van der Waals surface area contributed by atoms with Crippen molar-refractivity contribution in [3.8, 4) is 0 Å². The Labute approximate surface area is 119 Å². The van der Waals surface area contributed by atoms with Crippen LogP contribution in [0.15, 0.2) is 0 Å². The van der Waals surface area contributed by atoms with Gasteiger partial charge < -0.3 is 15.0 Å². The Hall–Kier alpha value is -0.120. The minimum absolute atomic E-state index is 0.481. The van der Waals surface area contributed by atoms with Crippen LogP contribution in [0.25, 0.3) is 0 Å². The summed E-state index contributed by atoms with van der Waals surface area (Å²) in [7, 11) is 2.28. The van der Waals surface area contributed by atoms with E-state index in [0.29, 0.717) is 11.5 Å². The number of nitrogens with zero attached hydrogens (tertiary/aromatic N) is 1. The zero-order chi connectivity index (χ0) is 13.6. The Bertz CT molecular complexity index is 240. The first-order valence-electron chi connectivity index (χ1n) is 8.25. The molecule has 3 heteroatoms. The minimum atomic E-state index is 0.481. The summed E-state index contributed by atoms with van der Waals surface area (Å²) in [5.41, 5.74) is 0.510. The highest BCUT2D eigenvalue weighted by Crippen LogP contribution is 2.32. The topological polar surface area (TPSA) is 24.5 Å². The maximum absolute atomic E-state index is 5.87. The maximum Gasteiger partial charge on any atom is 0.0701 e. The molecule has 0 aromatic rings. The molecular weight excluding hydrogens is 236 g/mol. The van der Waals surface area contributed by atoms with E-state index in [9.17, 15) is 0 Å². The molecule has 0 spiro atoms. The summed E-state index contributed by atoms with van der Waals surface area (Å²) in [5.74, 6) is 0. The van der Waals surface area contributed by atoms with Gasteiger partial charge in [-0.3, -0.25) is 0 Å². The molecule has 2 aliphatic rings. The lowest BCUT2D eigenvalue weighted by Crippen LogP contribution is -2.48. The first-order chi connectivity index (χ1) is 9.24. The van der Waals surface area contributed by atoms with Crippen LogP contribution >= 0.6 is 0 Å². The molecule has 1 N–H and O–H groups in total. The quantitative estimate of drug-likeness (QED) is 0.801. The number of nitrogens with one attached hydrogen (secondary N) is 1. The molecule has 0 amide bonds. The smallest absolute Gasteiger partial charge is 0.0701 e. The predicted molar refractivity (Wildman–Crippen MR) is 80.5 cm³/mol. The van der Waals surface area contributed by atoms with Crippen molar-refractivity contribution in [1.82, 2.24) is 10.2 Å². The lowest BCUT2D eigenvalue weighted by Gasteiger charge is -2.41. The molecule has 2 heterocycles. The van der Waals surface area contributed by atoms with E-state index >= 15 is 0 Å². The van der Waals surface area contributed by atoms with E-state index in [1.165, 1.54) is 64.6 Å². The lowest BCUT2D eigenvalue weighted by atomic mass is 9.76. The molecule has 0 saturated carbocycles. The Morgan fingerprint density at radius 3 is 2.84 bits per heavy atom. The average Bonchev–Trinajstić information content (AvgIpc) is 2.40. The van der Waals surface area contributed by atoms with Crippen molar-refractivity contribution in [1.29, 1.82) is 0 Å². The third-order valence-corrected chi connectivity index (χ3v) is 4.74. The molecule has 2 aliphatic heterocycles. The molecule has 2 fully saturated rings. The maximum atomic E-state index is 5.87. The first-order valence-corrected chi connectivity index (χ1v) is 8.25. The standard InChI is InChI=1S/C16H32N2O/c1-3-8-16(9-6-10-17-13-16)14-18(2)12-15-7-4-5-11-19-15/h15,17H,3-14H2,1-2H3. The molecule has 0 bridgehead atoms. The largest absolute Gasteiger partial charge is 0.377 e. The summed E-state index contributed by atoms with van der Waals surface area (Å²) in [6, 6.07) is 0. The van der Waals surface area contributed by atoms with E-state index in [2.05, 4.69) is 24.2 Å². The van der Waals surface area contributed by atoms with Gasteiger partial charge in [0, 0.05) is 26.2 Å². The zero-order valence-electron chi connectivity index (χ0n) is 12.9. The second-order valence-corrected chi connectivity index (χ2v) is 6.72. The van der Waals surface area contributed by atoms with E-state index in [1.807, 2.05) is 0 Å². The van der Waals surface area contributed by atoms with Crippen molar-refractivity contribution in [3.05, 3.63) is 0 Å². The molecule has 2 rings (SSSR count). The number of rotatable bonds is 6. The van der Waals surface area contributed by atoms with E-state index in [1.54, 1.807) is 0 Å². The molecule has 2 saturated heterocycles. The summed E-state index contributed by atoms with van der Waals surface area (Å²) in [5, 5.41) is 3.61. The number of piperidine rings is 1. The highest BCUT2D eigenvalue weighted by Gasteiger charge is 2.32. The Morgan fingerprint density at radius 2 is 2.21 bits per heavy atom. The molecule has 0 aliphatic carbocycles. The second-order valence-electron chi connectivity index (χ2n) is 6.72. The number of ether oxygens (including phenoxy) is 1. The van der Waals surface area contributed by atoms with Gasteiger partial charge in [0.25, 0.3) is 0 Å². The molecule has 112 valence electrons.